The highest BCUT2D eigenvalue weighted by Crippen LogP contribution is 2.18. The lowest BCUT2D eigenvalue weighted by Gasteiger charge is -2.28. The molecule has 0 amide bonds. The molecule has 0 aromatic heterocycles. The maximum Gasteiger partial charge on any atom is 0.165 e. The molecule has 1 N–H and O–H groups in total. The van der Waals surface area contributed by atoms with Crippen LogP contribution in [0.15, 0.2) is 18.2 Å². The normalized spacial score (nSPS) is 19.7. The van der Waals surface area contributed by atoms with Gasteiger partial charge in [-0.2, -0.15) is 0 Å². The molecule has 0 saturated carbocycles. The standard InChI is InChI=1S/C14H21FN2O2/c1-17(10-12-8-16-5-6-19-12)9-11-3-4-14(18-2)13(15)7-11/h3-4,7,12,16H,5-6,8-10H2,1-2H3. The molecule has 1 aromatic rings. The Morgan fingerprint density at radius 3 is 3.00 bits per heavy atom. The molecule has 1 atom stereocenters. The van der Waals surface area contributed by atoms with E-state index in [9.17, 15) is 4.39 Å². The molecule has 1 unspecified atom stereocenters. The zero-order valence-corrected chi connectivity index (χ0v) is 11.5. The van der Waals surface area contributed by atoms with Gasteiger partial charge in [0.2, 0.25) is 0 Å². The van der Waals surface area contributed by atoms with Crippen molar-refractivity contribution in [2.24, 2.45) is 0 Å². The average Bonchev–Trinajstić information content (AvgIpc) is 2.40. The molecule has 106 valence electrons. The Morgan fingerprint density at radius 2 is 2.37 bits per heavy atom. The van der Waals surface area contributed by atoms with Crippen molar-refractivity contribution in [3.63, 3.8) is 0 Å². The number of ether oxygens (including phenoxy) is 2. The predicted octanol–water partition coefficient (Wildman–Crippen LogP) is 1.25. The molecule has 0 aliphatic carbocycles. The van der Waals surface area contributed by atoms with Crippen LogP contribution in [0.2, 0.25) is 0 Å². The first-order valence-electron chi connectivity index (χ1n) is 6.52. The third-order valence-electron chi connectivity index (χ3n) is 3.19. The van der Waals surface area contributed by atoms with Gasteiger partial charge in [-0.15, -0.1) is 0 Å². The largest absolute Gasteiger partial charge is 0.494 e. The van der Waals surface area contributed by atoms with E-state index in [0.717, 1.165) is 31.8 Å². The van der Waals surface area contributed by atoms with E-state index in [-0.39, 0.29) is 17.7 Å². The second kappa shape index (κ2) is 6.84. The summed E-state index contributed by atoms with van der Waals surface area (Å²) in [6, 6.07) is 5.07. The summed E-state index contributed by atoms with van der Waals surface area (Å²) in [4.78, 5) is 2.14. The van der Waals surface area contributed by atoms with Crippen LogP contribution in [-0.4, -0.2) is 51.4 Å². The average molecular weight is 268 g/mol. The SMILES string of the molecule is COc1ccc(CN(C)CC2CNCCO2)cc1F. The van der Waals surface area contributed by atoms with E-state index in [2.05, 4.69) is 10.2 Å². The molecule has 1 aliphatic heterocycles. The highest BCUT2D eigenvalue weighted by Gasteiger charge is 2.15. The number of morpholine rings is 1. The first-order chi connectivity index (χ1) is 9.19. The highest BCUT2D eigenvalue weighted by molar-refractivity contribution is 5.29. The third kappa shape index (κ3) is 4.16. The summed E-state index contributed by atoms with van der Waals surface area (Å²) in [5, 5.41) is 3.30. The Bertz CT molecular complexity index is 408. The van der Waals surface area contributed by atoms with Crippen LogP contribution in [0.5, 0.6) is 5.75 Å². The molecule has 1 aliphatic rings. The van der Waals surface area contributed by atoms with E-state index < -0.39 is 0 Å². The van der Waals surface area contributed by atoms with Gasteiger partial charge in [0, 0.05) is 26.2 Å². The minimum atomic E-state index is -0.316. The van der Waals surface area contributed by atoms with Gasteiger partial charge in [0.1, 0.15) is 0 Å². The van der Waals surface area contributed by atoms with Crippen LogP contribution in [0.3, 0.4) is 0 Å². The molecular weight excluding hydrogens is 247 g/mol. The van der Waals surface area contributed by atoms with Crippen LogP contribution in [0.25, 0.3) is 0 Å². The van der Waals surface area contributed by atoms with Crippen molar-refractivity contribution in [1.82, 2.24) is 10.2 Å². The molecular formula is C14H21FN2O2. The van der Waals surface area contributed by atoms with Crippen molar-refractivity contribution in [1.29, 1.82) is 0 Å². The van der Waals surface area contributed by atoms with Gasteiger partial charge in [-0.3, -0.25) is 4.90 Å². The van der Waals surface area contributed by atoms with Gasteiger partial charge in [0.15, 0.2) is 11.6 Å². The van der Waals surface area contributed by atoms with Crippen molar-refractivity contribution in [3.8, 4) is 5.75 Å². The van der Waals surface area contributed by atoms with E-state index in [4.69, 9.17) is 9.47 Å². The fourth-order valence-electron chi connectivity index (χ4n) is 2.27. The molecule has 5 heteroatoms. The number of hydrogen-bond donors (Lipinski definition) is 1. The molecule has 1 heterocycles. The Kier molecular flexibility index (Phi) is 5.13. The molecule has 0 radical (unpaired) electrons. The molecule has 0 bridgehead atoms. The van der Waals surface area contributed by atoms with Crippen molar-refractivity contribution >= 4 is 0 Å². The van der Waals surface area contributed by atoms with E-state index in [0.29, 0.717) is 6.54 Å². The quantitative estimate of drug-likeness (QED) is 0.871. The van der Waals surface area contributed by atoms with Gasteiger partial charge in [0.05, 0.1) is 19.8 Å². The first kappa shape index (κ1) is 14.2. The lowest BCUT2D eigenvalue weighted by molar-refractivity contribution is 0.00883. The lowest BCUT2D eigenvalue weighted by Crippen LogP contribution is -2.44. The van der Waals surface area contributed by atoms with Gasteiger partial charge in [0.25, 0.3) is 0 Å². The van der Waals surface area contributed by atoms with E-state index in [1.54, 1.807) is 6.07 Å². The van der Waals surface area contributed by atoms with Crippen LogP contribution < -0.4 is 10.1 Å². The van der Waals surface area contributed by atoms with Crippen molar-refractivity contribution < 1.29 is 13.9 Å². The molecule has 1 aromatic carbocycles. The Morgan fingerprint density at radius 1 is 1.53 bits per heavy atom. The maximum absolute atomic E-state index is 13.6. The summed E-state index contributed by atoms with van der Waals surface area (Å²) in [6.45, 7) is 4.09. The van der Waals surface area contributed by atoms with Crippen molar-refractivity contribution in [3.05, 3.63) is 29.6 Å². The zero-order valence-electron chi connectivity index (χ0n) is 11.5. The monoisotopic (exact) mass is 268 g/mol. The number of hydrogen-bond acceptors (Lipinski definition) is 4. The zero-order chi connectivity index (χ0) is 13.7. The second-order valence-corrected chi connectivity index (χ2v) is 4.86. The fraction of sp³-hybridized carbons (Fsp3) is 0.571. The number of rotatable bonds is 5. The molecule has 2 rings (SSSR count). The summed E-state index contributed by atoms with van der Waals surface area (Å²) < 4.78 is 24.1. The third-order valence-corrected chi connectivity index (χ3v) is 3.19. The minimum absolute atomic E-state index is 0.210. The van der Waals surface area contributed by atoms with Gasteiger partial charge >= 0.3 is 0 Å². The van der Waals surface area contributed by atoms with Crippen LogP contribution >= 0.6 is 0 Å². The molecule has 1 saturated heterocycles. The summed E-state index contributed by atoms with van der Waals surface area (Å²) in [5.74, 6) is -0.0322. The Hall–Kier alpha value is -1.17. The summed E-state index contributed by atoms with van der Waals surface area (Å²) in [5.41, 5.74) is 0.935. The fourth-order valence-corrected chi connectivity index (χ4v) is 2.27. The highest BCUT2D eigenvalue weighted by atomic mass is 19.1. The number of benzene rings is 1. The van der Waals surface area contributed by atoms with Crippen LogP contribution in [0.1, 0.15) is 5.56 Å². The smallest absolute Gasteiger partial charge is 0.165 e. The second-order valence-electron chi connectivity index (χ2n) is 4.86. The van der Waals surface area contributed by atoms with Gasteiger partial charge in [-0.25, -0.2) is 4.39 Å². The molecule has 4 nitrogen and oxygen atoms in total. The molecule has 0 spiro atoms. The number of methoxy groups -OCH3 is 1. The van der Waals surface area contributed by atoms with Crippen molar-refractivity contribution in [2.75, 3.05) is 40.4 Å². The lowest BCUT2D eigenvalue weighted by atomic mass is 10.2. The van der Waals surface area contributed by atoms with Gasteiger partial charge in [-0.1, -0.05) is 6.07 Å². The van der Waals surface area contributed by atoms with E-state index in [1.807, 2.05) is 13.1 Å². The number of nitrogens with one attached hydrogen (secondary N) is 1. The number of halogens is 1. The van der Waals surface area contributed by atoms with Gasteiger partial charge in [-0.05, 0) is 24.7 Å². The van der Waals surface area contributed by atoms with Gasteiger partial charge < -0.3 is 14.8 Å². The van der Waals surface area contributed by atoms with E-state index in [1.165, 1.54) is 13.2 Å². The van der Waals surface area contributed by atoms with Crippen LogP contribution in [-0.2, 0) is 11.3 Å². The van der Waals surface area contributed by atoms with Crippen LogP contribution in [0.4, 0.5) is 4.39 Å². The van der Waals surface area contributed by atoms with E-state index >= 15 is 0 Å². The number of nitrogens with zero attached hydrogens (tertiary/aromatic N) is 1. The Labute approximate surface area is 113 Å². The van der Waals surface area contributed by atoms with Crippen molar-refractivity contribution in [2.45, 2.75) is 12.6 Å². The van der Waals surface area contributed by atoms with Crippen LogP contribution in [0, 0.1) is 5.82 Å². The molecule has 19 heavy (non-hydrogen) atoms. The minimum Gasteiger partial charge on any atom is -0.494 e. The first-order valence-corrected chi connectivity index (χ1v) is 6.52. The summed E-state index contributed by atoms with van der Waals surface area (Å²) >= 11 is 0. The topological polar surface area (TPSA) is 33.7 Å². The maximum atomic E-state index is 13.6. The summed E-state index contributed by atoms with van der Waals surface area (Å²) in [7, 11) is 3.48. The summed E-state index contributed by atoms with van der Waals surface area (Å²) in [6.07, 6.45) is 0.210. The molecule has 1 fully saturated rings. The Balaban J connectivity index is 1.87. The predicted molar refractivity (Wildman–Crippen MR) is 71.9 cm³/mol. The number of likely N-dealkylation sites (N-methyl/N-ethyl adjacent to an activating group) is 1.